The molecule has 1 aromatic rings. The lowest BCUT2D eigenvalue weighted by molar-refractivity contribution is -0.149. The maximum absolute atomic E-state index is 12.7. The summed E-state index contributed by atoms with van der Waals surface area (Å²) in [6.45, 7) is 6.25. The predicted molar refractivity (Wildman–Crippen MR) is 109 cm³/mol. The second kappa shape index (κ2) is 10.1. The second-order valence-electron chi connectivity index (χ2n) is 7.24. The molecular weight excluding hydrogens is 382 g/mol. The number of amides is 2. The van der Waals surface area contributed by atoms with E-state index in [1.54, 1.807) is 16.7 Å². The molecule has 2 saturated heterocycles. The first kappa shape index (κ1) is 22.5. The summed E-state index contributed by atoms with van der Waals surface area (Å²) in [5, 5.41) is 0. The van der Waals surface area contributed by atoms with Crippen LogP contribution in [0.3, 0.4) is 0 Å². The predicted octanol–water partition coefficient (Wildman–Crippen LogP) is 1.36. The number of hydrogen-bond donors (Lipinski definition) is 1. The first-order chi connectivity index (χ1) is 13.0. The van der Waals surface area contributed by atoms with Crippen LogP contribution in [0.1, 0.15) is 25.3 Å². The lowest BCUT2D eigenvalue weighted by Gasteiger charge is -2.36. The molecule has 0 spiro atoms. The number of piperazine rings is 1. The van der Waals surface area contributed by atoms with E-state index in [-0.39, 0.29) is 36.4 Å². The highest BCUT2D eigenvalue weighted by Gasteiger charge is 2.35. The molecule has 156 valence electrons. The van der Waals surface area contributed by atoms with Crippen molar-refractivity contribution in [3.63, 3.8) is 0 Å². The normalized spacial score (nSPS) is 23.1. The fraction of sp³-hybridized carbons (Fsp3) is 0.600. The maximum Gasteiger partial charge on any atom is 0.263 e. The molecule has 2 fully saturated rings. The van der Waals surface area contributed by atoms with Gasteiger partial charge in [-0.2, -0.15) is 0 Å². The Morgan fingerprint density at radius 2 is 1.82 bits per heavy atom. The number of nitrogens with two attached hydrogens (primary N) is 1. The summed E-state index contributed by atoms with van der Waals surface area (Å²) in [6.07, 6.45) is 0.600. The topological polar surface area (TPSA) is 85.1 Å². The van der Waals surface area contributed by atoms with E-state index in [1.165, 1.54) is 0 Å². The van der Waals surface area contributed by atoms with Crippen molar-refractivity contribution in [1.82, 2.24) is 9.80 Å². The van der Waals surface area contributed by atoms with Gasteiger partial charge in [0, 0.05) is 32.7 Å². The van der Waals surface area contributed by atoms with Gasteiger partial charge in [0.2, 0.25) is 0 Å². The Kier molecular flexibility index (Phi) is 8.10. The number of carbonyl (C=O) groups excluding carboxylic acids is 2. The number of aryl methyl sites for hydroxylation is 1. The number of carbonyl (C=O) groups is 2. The Bertz CT molecular complexity index is 679. The third-order valence-corrected chi connectivity index (χ3v) is 5.29. The molecule has 2 heterocycles. The molecule has 0 aromatic heterocycles. The molecule has 0 saturated carbocycles. The quantitative estimate of drug-likeness (QED) is 0.790. The summed E-state index contributed by atoms with van der Waals surface area (Å²) in [6, 6.07) is 7.65. The smallest absolute Gasteiger partial charge is 0.263 e. The molecule has 2 N–H and O–H groups in total. The zero-order chi connectivity index (χ0) is 19.4. The van der Waals surface area contributed by atoms with Crippen LogP contribution in [-0.4, -0.2) is 72.6 Å². The summed E-state index contributed by atoms with van der Waals surface area (Å²) in [7, 11) is 0. The van der Waals surface area contributed by atoms with Crippen LogP contribution in [0.15, 0.2) is 24.3 Å². The lowest BCUT2D eigenvalue weighted by atomic mass is 10.1. The van der Waals surface area contributed by atoms with Crippen LogP contribution in [0.2, 0.25) is 0 Å². The first-order valence-corrected chi connectivity index (χ1v) is 9.65. The van der Waals surface area contributed by atoms with Gasteiger partial charge in [-0.3, -0.25) is 9.59 Å². The minimum absolute atomic E-state index is 0. The van der Waals surface area contributed by atoms with Gasteiger partial charge in [-0.15, -0.1) is 12.4 Å². The van der Waals surface area contributed by atoms with Gasteiger partial charge >= 0.3 is 0 Å². The average Bonchev–Trinajstić information content (AvgIpc) is 3.18. The number of hydrogen-bond acceptors (Lipinski definition) is 5. The van der Waals surface area contributed by atoms with Crippen LogP contribution in [0.25, 0.3) is 0 Å². The minimum atomic E-state index is -0.558. The van der Waals surface area contributed by atoms with Gasteiger partial charge in [0.15, 0.2) is 6.10 Å². The van der Waals surface area contributed by atoms with Crippen molar-refractivity contribution in [2.24, 2.45) is 5.73 Å². The van der Waals surface area contributed by atoms with E-state index < -0.39 is 6.10 Å². The Hall–Kier alpha value is -1.83. The highest BCUT2D eigenvalue weighted by molar-refractivity contribution is 5.85. The molecule has 0 aliphatic carbocycles. The number of halogens is 1. The van der Waals surface area contributed by atoms with E-state index in [9.17, 15) is 9.59 Å². The summed E-state index contributed by atoms with van der Waals surface area (Å²) < 4.78 is 11.5. The van der Waals surface area contributed by atoms with Gasteiger partial charge in [0.25, 0.3) is 11.8 Å². The molecule has 1 aromatic carbocycles. The van der Waals surface area contributed by atoms with Gasteiger partial charge in [-0.05, 0) is 38.3 Å². The Labute approximate surface area is 172 Å². The summed E-state index contributed by atoms with van der Waals surface area (Å²) >= 11 is 0. The largest absolute Gasteiger partial charge is 0.481 e. The van der Waals surface area contributed by atoms with Crippen molar-refractivity contribution in [3.05, 3.63) is 29.8 Å². The zero-order valence-electron chi connectivity index (χ0n) is 16.5. The van der Waals surface area contributed by atoms with Gasteiger partial charge in [0.05, 0.1) is 6.10 Å². The Morgan fingerprint density at radius 1 is 1.18 bits per heavy atom. The van der Waals surface area contributed by atoms with Crippen molar-refractivity contribution in [2.75, 3.05) is 32.7 Å². The fourth-order valence-corrected chi connectivity index (χ4v) is 3.60. The van der Waals surface area contributed by atoms with Gasteiger partial charge in [-0.25, -0.2) is 0 Å². The van der Waals surface area contributed by atoms with Crippen LogP contribution in [0.4, 0.5) is 0 Å². The Morgan fingerprint density at radius 3 is 2.43 bits per heavy atom. The molecule has 7 nitrogen and oxygen atoms in total. The highest BCUT2D eigenvalue weighted by Crippen LogP contribution is 2.22. The molecule has 0 bridgehead atoms. The lowest BCUT2D eigenvalue weighted by Crippen LogP contribution is -2.55. The SMILES string of the molecule is Cc1ccccc1OC(C)C(=O)N1CCN(C(=O)[C@@H]2CC[C@H](CN)O2)CC1.Cl. The molecule has 0 radical (unpaired) electrons. The van der Waals surface area contributed by atoms with Crippen LogP contribution >= 0.6 is 12.4 Å². The van der Waals surface area contributed by atoms with Crippen molar-refractivity contribution in [3.8, 4) is 5.75 Å². The summed E-state index contributed by atoms with van der Waals surface area (Å²) in [5.41, 5.74) is 6.61. The van der Waals surface area contributed by atoms with Gasteiger partial charge in [0.1, 0.15) is 11.9 Å². The first-order valence-electron chi connectivity index (χ1n) is 9.65. The number of nitrogens with zero attached hydrogens (tertiary/aromatic N) is 2. The van der Waals surface area contributed by atoms with Crippen LogP contribution in [-0.2, 0) is 14.3 Å². The number of ether oxygens (including phenoxy) is 2. The maximum atomic E-state index is 12.7. The summed E-state index contributed by atoms with van der Waals surface area (Å²) in [5.74, 6) is 0.688. The molecule has 3 rings (SSSR count). The van der Waals surface area contributed by atoms with E-state index in [4.69, 9.17) is 15.2 Å². The molecule has 28 heavy (non-hydrogen) atoms. The molecule has 1 unspecified atom stereocenters. The number of para-hydroxylation sites is 1. The standard InChI is InChI=1S/C20H29N3O4.ClH/c1-14-5-3-4-6-17(14)26-15(2)19(24)22-9-11-23(12-10-22)20(25)18-8-7-16(13-21)27-18;/h3-6,15-16,18H,7-13,21H2,1-2H3;1H/t15?,16-,18+;/m1./s1. The molecule has 8 heteroatoms. The second-order valence-corrected chi connectivity index (χ2v) is 7.24. The van der Waals surface area contributed by atoms with Crippen LogP contribution in [0, 0.1) is 6.92 Å². The van der Waals surface area contributed by atoms with Gasteiger partial charge in [-0.1, -0.05) is 18.2 Å². The molecule has 2 amide bonds. The number of rotatable bonds is 5. The van der Waals surface area contributed by atoms with Crippen molar-refractivity contribution in [1.29, 1.82) is 0 Å². The minimum Gasteiger partial charge on any atom is -0.481 e. The summed E-state index contributed by atoms with van der Waals surface area (Å²) in [4.78, 5) is 28.8. The Balaban J connectivity index is 0.00000280. The molecule has 2 aliphatic heterocycles. The monoisotopic (exact) mass is 411 g/mol. The van der Waals surface area contributed by atoms with Crippen molar-refractivity contribution in [2.45, 2.75) is 45.0 Å². The molecule has 2 aliphatic rings. The van der Waals surface area contributed by atoms with E-state index in [0.717, 1.165) is 24.2 Å². The van der Waals surface area contributed by atoms with Crippen molar-refractivity contribution >= 4 is 24.2 Å². The van der Waals surface area contributed by atoms with E-state index in [2.05, 4.69) is 0 Å². The van der Waals surface area contributed by atoms with Crippen molar-refractivity contribution < 1.29 is 19.1 Å². The van der Waals surface area contributed by atoms with Crippen LogP contribution < -0.4 is 10.5 Å². The third kappa shape index (κ3) is 5.16. The zero-order valence-corrected chi connectivity index (χ0v) is 17.3. The molecular formula is C20H30ClN3O4. The fourth-order valence-electron chi connectivity index (χ4n) is 3.60. The molecule has 3 atom stereocenters. The van der Waals surface area contributed by atoms with E-state index >= 15 is 0 Å². The van der Waals surface area contributed by atoms with Gasteiger partial charge < -0.3 is 25.0 Å². The number of benzene rings is 1. The average molecular weight is 412 g/mol. The van der Waals surface area contributed by atoms with E-state index in [0.29, 0.717) is 32.7 Å². The van der Waals surface area contributed by atoms with Crippen LogP contribution in [0.5, 0.6) is 5.75 Å². The van der Waals surface area contributed by atoms with E-state index in [1.807, 2.05) is 31.2 Å². The highest BCUT2D eigenvalue weighted by atomic mass is 35.5. The third-order valence-electron chi connectivity index (χ3n) is 5.29.